The number of aryl methyl sites for hydroxylation is 1. The lowest BCUT2D eigenvalue weighted by molar-refractivity contribution is -0.123. The highest BCUT2D eigenvalue weighted by Crippen LogP contribution is 2.25. The zero-order valence-corrected chi connectivity index (χ0v) is 15.6. The van der Waals surface area contributed by atoms with Crippen LogP contribution in [0.3, 0.4) is 0 Å². The van der Waals surface area contributed by atoms with Crippen molar-refractivity contribution in [2.24, 2.45) is 0 Å². The van der Waals surface area contributed by atoms with Gasteiger partial charge in [0.2, 0.25) is 0 Å². The Morgan fingerprint density at radius 2 is 1.81 bits per heavy atom. The molecule has 2 aromatic carbocycles. The molecule has 0 atom stereocenters. The largest absolute Gasteiger partial charge is 0.497 e. The van der Waals surface area contributed by atoms with Crippen molar-refractivity contribution < 1.29 is 28.5 Å². The van der Waals surface area contributed by atoms with Gasteiger partial charge >= 0.3 is 5.97 Å². The van der Waals surface area contributed by atoms with Crippen LogP contribution >= 0.6 is 0 Å². The van der Waals surface area contributed by atoms with Crippen LogP contribution in [0, 0.1) is 6.92 Å². The van der Waals surface area contributed by atoms with E-state index in [1.165, 1.54) is 26.4 Å². The molecule has 1 N–H and O–H groups in total. The van der Waals surface area contributed by atoms with E-state index in [0.29, 0.717) is 18.9 Å². The maximum absolute atomic E-state index is 11.9. The van der Waals surface area contributed by atoms with Gasteiger partial charge in [-0.3, -0.25) is 4.79 Å². The van der Waals surface area contributed by atoms with Crippen LogP contribution in [0.1, 0.15) is 15.9 Å². The van der Waals surface area contributed by atoms with Crippen LogP contribution in [0.2, 0.25) is 0 Å². The molecule has 2 rings (SSSR count). The number of rotatable bonds is 9. The third-order valence-corrected chi connectivity index (χ3v) is 3.64. The Bertz CT molecular complexity index is 790. The first-order valence-corrected chi connectivity index (χ1v) is 8.39. The van der Waals surface area contributed by atoms with E-state index in [-0.39, 0.29) is 23.8 Å². The SMILES string of the molecule is COC(=O)c1ccc(OC)cc1OCC(=O)NCCOc1cccc(C)c1. The lowest BCUT2D eigenvalue weighted by Crippen LogP contribution is -2.32. The van der Waals surface area contributed by atoms with Gasteiger partial charge in [-0.25, -0.2) is 4.79 Å². The van der Waals surface area contributed by atoms with Crippen LogP contribution < -0.4 is 19.5 Å². The molecule has 0 aliphatic heterocycles. The van der Waals surface area contributed by atoms with Gasteiger partial charge in [-0.2, -0.15) is 0 Å². The number of hydrogen-bond acceptors (Lipinski definition) is 6. The molecule has 0 radical (unpaired) electrons. The van der Waals surface area contributed by atoms with Gasteiger partial charge in [-0.05, 0) is 36.8 Å². The molecular weight excluding hydrogens is 350 g/mol. The lowest BCUT2D eigenvalue weighted by atomic mass is 10.2. The van der Waals surface area contributed by atoms with E-state index in [1.807, 2.05) is 31.2 Å². The molecule has 2 aromatic rings. The van der Waals surface area contributed by atoms with E-state index < -0.39 is 5.97 Å². The maximum Gasteiger partial charge on any atom is 0.341 e. The smallest absolute Gasteiger partial charge is 0.341 e. The van der Waals surface area contributed by atoms with Crippen LogP contribution in [0.4, 0.5) is 0 Å². The van der Waals surface area contributed by atoms with Crippen molar-refractivity contribution in [1.29, 1.82) is 0 Å². The van der Waals surface area contributed by atoms with Crippen molar-refractivity contribution in [3.8, 4) is 17.2 Å². The van der Waals surface area contributed by atoms with E-state index >= 15 is 0 Å². The highest BCUT2D eigenvalue weighted by atomic mass is 16.5. The molecular formula is C20H23NO6. The van der Waals surface area contributed by atoms with Crippen molar-refractivity contribution in [1.82, 2.24) is 5.32 Å². The molecule has 0 spiro atoms. The molecule has 1 amide bonds. The third kappa shape index (κ3) is 6.22. The molecule has 0 aromatic heterocycles. The van der Waals surface area contributed by atoms with Crippen LogP contribution in [-0.2, 0) is 9.53 Å². The van der Waals surface area contributed by atoms with E-state index in [2.05, 4.69) is 5.32 Å². The standard InChI is InChI=1S/C20H23NO6/c1-14-5-4-6-16(11-14)26-10-9-21-19(22)13-27-18-12-15(24-2)7-8-17(18)20(23)25-3/h4-8,11-12H,9-10,13H2,1-3H3,(H,21,22). The summed E-state index contributed by atoms with van der Waals surface area (Å²) in [5.41, 5.74) is 1.32. The summed E-state index contributed by atoms with van der Waals surface area (Å²) < 4.78 is 20.8. The van der Waals surface area contributed by atoms with E-state index in [9.17, 15) is 9.59 Å². The highest BCUT2D eigenvalue weighted by Gasteiger charge is 2.15. The summed E-state index contributed by atoms with van der Waals surface area (Å²) in [4.78, 5) is 23.7. The van der Waals surface area contributed by atoms with Gasteiger partial charge in [0.1, 0.15) is 29.4 Å². The Morgan fingerprint density at radius 3 is 2.52 bits per heavy atom. The second kappa shape index (κ2) is 10.1. The summed E-state index contributed by atoms with van der Waals surface area (Å²) in [7, 11) is 2.77. The average molecular weight is 373 g/mol. The van der Waals surface area contributed by atoms with Crippen molar-refractivity contribution in [2.75, 3.05) is 34.0 Å². The number of benzene rings is 2. The predicted molar refractivity (Wildman–Crippen MR) is 99.5 cm³/mol. The van der Waals surface area contributed by atoms with Gasteiger partial charge in [0.15, 0.2) is 6.61 Å². The molecule has 0 heterocycles. The molecule has 0 aliphatic carbocycles. The maximum atomic E-state index is 11.9. The molecule has 7 nitrogen and oxygen atoms in total. The van der Waals surface area contributed by atoms with Crippen molar-refractivity contribution in [3.63, 3.8) is 0 Å². The Hall–Kier alpha value is -3.22. The molecule has 0 fully saturated rings. The molecule has 0 saturated carbocycles. The summed E-state index contributed by atoms with van der Waals surface area (Å²) in [5.74, 6) is 0.581. The van der Waals surface area contributed by atoms with Gasteiger partial charge in [0.05, 0.1) is 20.8 Å². The van der Waals surface area contributed by atoms with E-state index in [1.54, 1.807) is 6.07 Å². The Kier molecular flexibility index (Phi) is 7.49. The fourth-order valence-corrected chi connectivity index (χ4v) is 2.29. The lowest BCUT2D eigenvalue weighted by Gasteiger charge is -2.12. The Morgan fingerprint density at radius 1 is 1.00 bits per heavy atom. The minimum absolute atomic E-state index is 0.215. The van der Waals surface area contributed by atoms with E-state index in [4.69, 9.17) is 18.9 Å². The third-order valence-electron chi connectivity index (χ3n) is 3.64. The Labute approximate surface area is 158 Å². The zero-order chi connectivity index (χ0) is 19.6. The van der Waals surface area contributed by atoms with Crippen molar-refractivity contribution >= 4 is 11.9 Å². The quantitative estimate of drug-likeness (QED) is 0.537. The molecule has 0 unspecified atom stereocenters. The number of hydrogen-bond donors (Lipinski definition) is 1. The minimum atomic E-state index is -0.556. The average Bonchev–Trinajstić information content (AvgIpc) is 2.69. The van der Waals surface area contributed by atoms with Crippen LogP contribution in [0.15, 0.2) is 42.5 Å². The van der Waals surface area contributed by atoms with Crippen LogP contribution in [0.25, 0.3) is 0 Å². The van der Waals surface area contributed by atoms with Gasteiger partial charge in [0, 0.05) is 6.07 Å². The molecule has 144 valence electrons. The first-order valence-electron chi connectivity index (χ1n) is 8.39. The summed E-state index contributed by atoms with van der Waals surface area (Å²) in [5, 5.41) is 2.69. The van der Waals surface area contributed by atoms with Gasteiger partial charge in [-0.15, -0.1) is 0 Å². The normalized spacial score (nSPS) is 10.0. The van der Waals surface area contributed by atoms with Gasteiger partial charge < -0.3 is 24.3 Å². The topological polar surface area (TPSA) is 83.1 Å². The first kappa shape index (κ1) is 20.1. The highest BCUT2D eigenvalue weighted by molar-refractivity contribution is 5.92. The number of carbonyl (C=O) groups is 2. The number of amides is 1. The molecule has 0 aliphatic rings. The zero-order valence-electron chi connectivity index (χ0n) is 15.6. The second-order valence-electron chi connectivity index (χ2n) is 5.66. The van der Waals surface area contributed by atoms with Gasteiger partial charge in [-0.1, -0.05) is 12.1 Å². The summed E-state index contributed by atoms with van der Waals surface area (Å²) >= 11 is 0. The van der Waals surface area contributed by atoms with Crippen LogP contribution in [-0.4, -0.2) is 45.9 Å². The van der Waals surface area contributed by atoms with Crippen LogP contribution in [0.5, 0.6) is 17.2 Å². The minimum Gasteiger partial charge on any atom is -0.497 e. The molecule has 0 bridgehead atoms. The monoisotopic (exact) mass is 373 g/mol. The molecule has 7 heteroatoms. The number of nitrogens with one attached hydrogen (secondary N) is 1. The van der Waals surface area contributed by atoms with Gasteiger partial charge in [0.25, 0.3) is 5.91 Å². The summed E-state index contributed by atoms with van der Waals surface area (Å²) in [6.45, 7) is 2.40. The Balaban J connectivity index is 1.81. The first-order chi connectivity index (χ1) is 13.0. The fourth-order valence-electron chi connectivity index (χ4n) is 2.29. The number of carbonyl (C=O) groups excluding carboxylic acids is 2. The van der Waals surface area contributed by atoms with E-state index in [0.717, 1.165) is 11.3 Å². The number of esters is 1. The molecule has 27 heavy (non-hydrogen) atoms. The molecule has 0 saturated heterocycles. The fraction of sp³-hybridized carbons (Fsp3) is 0.300. The summed E-state index contributed by atoms with van der Waals surface area (Å²) in [6.07, 6.45) is 0. The second-order valence-corrected chi connectivity index (χ2v) is 5.66. The number of ether oxygens (including phenoxy) is 4. The van der Waals surface area contributed by atoms with Crippen molar-refractivity contribution in [3.05, 3.63) is 53.6 Å². The predicted octanol–water partition coefficient (Wildman–Crippen LogP) is 2.36. The number of methoxy groups -OCH3 is 2. The van der Waals surface area contributed by atoms with Crippen molar-refractivity contribution in [2.45, 2.75) is 6.92 Å². The summed E-state index contributed by atoms with van der Waals surface area (Å²) in [6, 6.07) is 12.3.